The second-order valence-electron chi connectivity index (χ2n) is 3.67. The lowest BCUT2D eigenvalue weighted by atomic mass is 10.2. The molecule has 0 aliphatic heterocycles. The van der Waals surface area contributed by atoms with Crippen molar-refractivity contribution in [3.63, 3.8) is 0 Å². The molecule has 0 spiro atoms. The van der Waals surface area contributed by atoms with Crippen molar-refractivity contribution in [2.24, 2.45) is 5.92 Å². The van der Waals surface area contributed by atoms with Crippen molar-refractivity contribution >= 4 is 27.3 Å². The van der Waals surface area contributed by atoms with E-state index in [2.05, 4.69) is 15.9 Å². The molecule has 1 saturated carbocycles. The van der Waals surface area contributed by atoms with Crippen molar-refractivity contribution in [3.8, 4) is 5.75 Å². The van der Waals surface area contributed by atoms with E-state index in [0.29, 0.717) is 11.4 Å². The highest BCUT2D eigenvalue weighted by Crippen LogP contribution is 2.34. The van der Waals surface area contributed by atoms with E-state index in [1.54, 1.807) is 12.1 Å². The molecule has 1 aromatic rings. The average Bonchev–Trinajstić information content (AvgIpc) is 2.92. The van der Waals surface area contributed by atoms with E-state index in [1.807, 2.05) is 0 Å². The van der Waals surface area contributed by atoms with E-state index in [0.717, 1.165) is 22.7 Å². The number of nitrogens with two attached hydrogens (primary N) is 2. The third-order valence-electron chi connectivity index (χ3n) is 2.31. The summed E-state index contributed by atoms with van der Waals surface area (Å²) in [5.41, 5.74) is 12.5. The predicted molar refractivity (Wildman–Crippen MR) is 61.2 cm³/mol. The van der Waals surface area contributed by atoms with Gasteiger partial charge in [-0.15, -0.1) is 0 Å². The molecular weight excluding hydrogens is 244 g/mol. The molecule has 0 atom stereocenters. The molecule has 1 aliphatic rings. The second kappa shape index (κ2) is 3.69. The summed E-state index contributed by atoms with van der Waals surface area (Å²) >= 11 is 3.39. The quantitative estimate of drug-likeness (QED) is 0.817. The number of rotatable bonds is 3. The van der Waals surface area contributed by atoms with Gasteiger partial charge >= 0.3 is 0 Å². The zero-order valence-electron chi connectivity index (χ0n) is 7.79. The Morgan fingerprint density at radius 1 is 1.29 bits per heavy atom. The van der Waals surface area contributed by atoms with E-state index >= 15 is 0 Å². The van der Waals surface area contributed by atoms with E-state index in [-0.39, 0.29) is 0 Å². The molecule has 14 heavy (non-hydrogen) atoms. The van der Waals surface area contributed by atoms with Gasteiger partial charge in [-0.3, -0.25) is 0 Å². The molecule has 4 heteroatoms. The smallest absolute Gasteiger partial charge is 0.135 e. The maximum atomic E-state index is 5.69. The van der Waals surface area contributed by atoms with Gasteiger partial charge in [-0.2, -0.15) is 0 Å². The molecule has 0 saturated heterocycles. The maximum Gasteiger partial charge on any atom is 0.135 e. The fourth-order valence-electron chi connectivity index (χ4n) is 1.19. The standard InChI is InChI=1S/C10H13BrN2O/c11-7-3-8(12)9(13)4-10(7)14-5-6-1-2-6/h3-4,6H,1-2,5,12-13H2. The van der Waals surface area contributed by atoms with Crippen molar-refractivity contribution in [3.05, 3.63) is 16.6 Å². The second-order valence-corrected chi connectivity index (χ2v) is 4.52. The summed E-state index contributed by atoms with van der Waals surface area (Å²) in [4.78, 5) is 0. The SMILES string of the molecule is Nc1cc(Br)c(OCC2CC2)cc1N. The van der Waals surface area contributed by atoms with Gasteiger partial charge in [-0.1, -0.05) is 0 Å². The Hall–Kier alpha value is -0.900. The predicted octanol–water partition coefficient (Wildman–Crippen LogP) is 2.40. The minimum Gasteiger partial charge on any atom is -0.492 e. The molecule has 3 nitrogen and oxygen atoms in total. The molecule has 0 aromatic heterocycles. The highest BCUT2D eigenvalue weighted by molar-refractivity contribution is 9.10. The maximum absolute atomic E-state index is 5.69. The zero-order valence-corrected chi connectivity index (χ0v) is 9.38. The van der Waals surface area contributed by atoms with Gasteiger partial charge in [0.05, 0.1) is 22.5 Å². The summed E-state index contributed by atoms with van der Waals surface area (Å²) in [6.45, 7) is 0.780. The summed E-state index contributed by atoms with van der Waals surface area (Å²) in [6.07, 6.45) is 2.56. The van der Waals surface area contributed by atoms with Crippen molar-refractivity contribution in [1.29, 1.82) is 0 Å². The van der Waals surface area contributed by atoms with Gasteiger partial charge in [0.1, 0.15) is 5.75 Å². The minimum atomic E-state index is 0.569. The van der Waals surface area contributed by atoms with Crippen molar-refractivity contribution in [2.45, 2.75) is 12.8 Å². The molecular formula is C10H13BrN2O. The first-order chi connectivity index (χ1) is 6.66. The Bertz CT molecular complexity index is 350. The molecule has 0 amide bonds. The highest BCUT2D eigenvalue weighted by Gasteiger charge is 2.22. The van der Waals surface area contributed by atoms with Crippen LogP contribution < -0.4 is 16.2 Å². The topological polar surface area (TPSA) is 61.3 Å². The van der Waals surface area contributed by atoms with E-state index in [4.69, 9.17) is 16.2 Å². The van der Waals surface area contributed by atoms with Gasteiger partial charge in [0.2, 0.25) is 0 Å². The Morgan fingerprint density at radius 2 is 1.93 bits per heavy atom. The first kappa shape index (κ1) is 9.65. The Balaban J connectivity index is 2.10. The number of halogens is 1. The number of ether oxygens (including phenoxy) is 1. The Labute approximate surface area is 91.5 Å². The molecule has 1 fully saturated rings. The molecule has 2 rings (SSSR count). The molecule has 0 heterocycles. The number of hydrogen-bond acceptors (Lipinski definition) is 3. The third kappa shape index (κ3) is 2.12. The number of anilines is 2. The van der Waals surface area contributed by atoms with Gasteiger partial charge < -0.3 is 16.2 Å². The molecule has 76 valence electrons. The van der Waals surface area contributed by atoms with Crippen LogP contribution in [-0.2, 0) is 0 Å². The van der Waals surface area contributed by atoms with Crippen molar-refractivity contribution in [1.82, 2.24) is 0 Å². The molecule has 1 aliphatic carbocycles. The van der Waals surface area contributed by atoms with Crippen LogP contribution >= 0.6 is 15.9 Å². The fourth-order valence-corrected chi connectivity index (χ4v) is 1.66. The monoisotopic (exact) mass is 256 g/mol. The number of nitrogen functional groups attached to an aromatic ring is 2. The van der Waals surface area contributed by atoms with Gasteiger partial charge in [-0.25, -0.2) is 0 Å². The molecule has 0 unspecified atom stereocenters. The largest absolute Gasteiger partial charge is 0.492 e. The average molecular weight is 257 g/mol. The highest BCUT2D eigenvalue weighted by atomic mass is 79.9. The van der Waals surface area contributed by atoms with Crippen LogP contribution in [0.3, 0.4) is 0 Å². The minimum absolute atomic E-state index is 0.569. The Morgan fingerprint density at radius 3 is 2.57 bits per heavy atom. The summed E-state index contributed by atoms with van der Waals surface area (Å²) in [6, 6.07) is 3.54. The molecule has 1 aromatic carbocycles. The normalized spacial score (nSPS) is 15.5. The fraction of sp³-hybridized carbons (Fsp3) is 0.400. The van der Waals surface area contributed by atoms with Gasteiger partial charge in [0, 0.05) is 6.07 Å². The van der Waals surface area contributed by atoms with Crippen LogP contribution in [-0.4, -0.2) is 6.61 Å². The lowest BCUT2D eigenvalue weighted by molar-refractivity contribution is 0.298. The summed E-state index contributed by atoms with van der Waals surface area (Å²) < 4.78 is 6.48. The Kier molecular flexibility index (Phi) is 2.54. The lowest BCUT2D eigenvalue weighted by Crippen LogP contribution is -2.01. The van der Waals surface area contributed by atoms with Crippen LogP contribution in [0.4, 0.5) is 11.4 Å². The molecule has 0 radical (unpaired) electrons. The van der Waals surface area contributed by atoms with Crippen molar-refractivity contribution in [2.75, 3.05) is 18.1 Å². The molecule has 0 bridgehead atoms. The van der Waals surface area contributed by atoms with Crippen LogP contribution in [0.15, 0.2) is 16.6 Å². The van der Waals surface area contributed by atoms with Gasteiger partial charge in [0.15, 0.2) is 0 Å². The van der Waals surface area contributed by atoms with Gasteiger partial charge in [0.25, 0.3) is 0 Å². The molecule has 4 N–H and O–H groups in total. The van der Waals surface area contributed by atoms with Crippen LogP contribution in [0.2, 0.25) is 0 Å². The first-order valence-electron chi connectivity index (χ1n) is 4.64. The summed E-state index contributed by atoms with van der Waals surface area (Å²) in [5.74, 6) is 1.52. The first-order valence-corrected chi connectivity index (χ1v) is 5.43. The third-order valence-corrected chi connectivity index (χ3v) is 2.93. The number of benzene rings is 1. The van der Waals surface area contributed by atoms with E-state index in [9.17, 15) is 0 Å². The summed E-state index contributed by atoms with van der Waals surface area (Å²) in [7, 11) is 0. The van der Waals surface area contributed by atoms with Crippen molar-refractivity contribution < 1.29 is 4.74 Å². The van der Waals surface area contributed by atoms with Crippen LogP contribution in [0.5, 0.6) is 5.75 Å². The van der Waals surface area contributed by atoms with Gasteiger partial charge in [-0.05, 0) is 40.8 Å². The van der Waals surface area contributed by atoms with Crippen LogP contribution in [0.25, 0.3) is 0 Å². The van der Waals surface area contributed by atoms with E-state index < -0.39 is 0 Å². The number of hydrogen-bond donors (Lipinski definition) is 2. The summed E-state index contributed by atoms with van der Waals surface area (Å²) in [5, 5.41) is 0. The van der Waals surface area contributed by atoms with Crippen LogP contribution in [0.1, 0.15) is 12.8 Å². The van der Waals surface area contributed by atoms with Crippen LogP contribution in [0, 0.1) is 5.92 Å². The lowest BCUT2D eigenvalue weighted by Gasteiger charge is -2.09. The zero-order chi connectivity index (χ0) is 10.1. The van der Waals surface area contributed by atoms with E-state index in [1.165, 1.54) is 12.8 Å².